The van der Waals surface area contributed by atoms with E-state index in [0.717, 1.165) is 6.07 Å². The van der Waals surface area contributed by atoms with Gasteiger partial charge in [-0.05, 0) is 47.9 Å². The van der Waals surface area contributed by atoms with Crippen LogP contribution < -0.4 is 0 Å². The van der Waals surface area contributed by atoms with Crippen LogP contribution in [-0.4, -0.2) is 30.6 Å². The van der Waals surface area contributed by atoms with Gasteiger partial charge < -0.3 is 10.2 Å². The number of carbonyl (C=O) groups is 2. The van der Waals surface area contributed by atoms with Crippen LogP contribution in [0.2, 0.25) is 0 Å². The van der Waals surface area contributed by atoms with Gasteiger partial charge in [-0.25, -0.2) is 18.0 Å². The first-order valence-corrected chi connectivity index (χ1v) is 7.38. The molecule has 0 aliphatic rings. The Morgan fingerprint density at radius 3 is 1.95 bits per heavy atom. The maximum absolute atomic E-state index is 11.1. The van der Waals surface area contributed by atoms with Crippen LogP contribution in [0, 0.1) is 0 Å². The minimum atomic E-state index is -2.71. The lowest BCUT2D eigenvalue weighted by molar-refractivity contribution is 0.0696. The van der Waals surface area contributed by atoms with Gasteiger partial charge in [0.15, 0.2) is 10.7 Å². The number of aromatic carboxylic acids is 2. The van der Waals surface area contributed by atoms with Crippen LogP contribution in [0.5, 0.6) is 0 Å². The van der Waals surface area contributed by atoms with E-state index >= 15 is 0 Å². The van der Waals surface area contributed by atoms with E-state index in [-0.39, 0.29) is 22.4 Å². The predicted molar refractivity (Wildman–Crippen MR) is 78.2 cm³/mol. The van der Waals surface area contributed by atoms with Crippen molar-refractivity contribution in [2.75, 3.05) is 0 Å². The summed E-state index contributed by atoms with van der Waals surface area (Å²) in [5.74, 6) is -2.44. The number of hydrogen-bond donors (Lipinski definition) is 3. The minimum Gasteiger partial charge on any atom is -0.478 e. The Labute approximate surface area is 127 Å². The summed E-state index contributed by atoms with van der Waals surface area (Å²) < 4.78 is 21.9. The second-order valence-electron chi connectivity index (χ2n) is 4.63. The quantitative estimate of drug-likeness (QED) is 0.723. The standard InChI is InChI=1S/C15H12O6S/c16-14(17)11-5-10(6-12(8-11)15(18)19)4-9-2-1-3-13(7-9)22(20)21/h1-3,5-8,22H,4H2,(H,16,17)(H,18,19). The number of benzene rings is 2. The molecule has 0 spiro atoms. The van der Waals surface area contributed by atoms with Crippen molar-refractivity contribution < 1.29 is 28.2 Å². The lowest BCUT2D eigenvalue weighted by atomic mass is 10.00. The van der Waals surface area contributed by atoms with Crippen molar-refractivity contribution in [3.8, 4) is 0 Å². The summed E-state index contributed by atoms with van der Waals surface area (Å²) in [5.41, 5.74) is 0.882. The van der Waals surface area contributed by atoms with Crippen LogP contribution in [0.25, 0.3) is 0 Å². The molecule has 0 radical (unpaired) electrons. The molecule has 2 rings (SSSR count). The summed E-state index contributed by atoms with van der Waals surface area (Å²) in [7, 11) is -2.71. The highest BCUT2D eigenvalue weighted by atomic mass is 32.2. The summed E-state index contributed by atoms with van der Waals surface area (Å²) in [4.78, 5) is 22.3. The summed E-state index contributed by atoms with van der Waals surface area (Å²) in [6.45, 7) is 0. The van der Waals surface area contributed by atoms with Gasteiger partial charge in [-0.15, -0.1) is 0 Å². The molecule has 0 amide bonds. The average molecular weight is 320 g/mol. The average Bonchev–Trinajstić information content (AvgIpc) is 2.47. The smallest absolute Gasteiger partial charge is 0.335 e. The van der Waals surface area contributed by atoms with Crippen molar-refractivity contribution in [3.63, 3.8) is 0 Å². The highest BCUT2D eigenvalue weighted by Gasteiger charge is 2.12. The second kappa shape index (κ2) is 6.40. The van der Waals surface area contributed by atoms with Crippen molar-refractivity contribution in [3.05, 3.63) is 64.7 Å². The van der Waals surface area contributed by atoms with Crippen molar-refractivity contribution in [2.45, 2.75) is 11.3 Å². The molecule has 2 aromatic carbocycles. The zero-order chi connectivity index (χ0) is 16.3. The third kappa shape index (κ3) is 3.70. The zero-order valence-electron chi connectivity index (χ0n) is 11.2. The first kappa shape index (κ1) is 15.7. The zero-order valence-corrected chi connectivity index (χ0v) is 12.1. The molecule has 0 heterocycles. The van der Waals surface area contributed by atoms with Crippen LogP contribution >= 0.6 is 0 Å². The number of thiol groups is 1. The van der Waals surface area contributed by atoms with E-state index in [1.165, 1.54) is 24.3 Å². The summed E-state index contributed by atoms with van der Waals surface area (Å²) in [5, 5.41) is 18.1. The lowest BCUT2D eigenvalue weighted by Crippen LogP contribution is -2.04. The van der Waals surface area contributed by atoms with Gasteiger partial charge in [-0.1, -0.05) is 12.1 Å². The molecule has 0 atom stereocenters. The molecular weight excluding hydrogens is 308 g/mol. The Morgan fingerprint density at radius 2 is 1.45 bits per heavy atom. The van der Waals surface area contributed by atoms with E-state index in [2.05, 4.69) is 0 Å². The highest BCUT2D eigenvalue weighted by Crippen LogP contribution is 2.16. The SMILES string of the molecule is O=C(O)c1cc(Cc2cccc([SH](=O)=O)c2)cc(C(=O)O)c1. The lowest BCUT2D eigenvalue weighted by Gasteiger charge is -2.06. The minimum absolute atomic E-state index is 0.124. The van der Waals surface area contributed by atoms with Crippen LogP contribution in [0.1, 0.15) is 31.8 Å². The molecule has 0 aliphatic carbocycles. The van der Waals surface area contributed by atoms with Crippen molar-refractivity contribution in [1.29, 1.82) is 0 Å². The summed E-state index contributed by atoms with van der Waals surface area (Å²) in [6, 6.07) is 10.0. The van der Waals surface area contributed by atoms with Crippen LogP contribution in [0.15, 0.2) is 47.4 Å². The maximum Gasteiger partial charge on any atom is 0.335 e. The van der Waals surface area contributed by atoms with Crippen molar-refractivity contribution in [2.24, 2.45) is 0 Å². The summed E-state index contributed by atoms with van der Waals surface area (Å²) in [6.07, 6.45) is 0.235. The normalized spacial score (nSPS) is 10.6. The van der Waals surface area contributed by atoms with Gasteiger partial charge in [0.2, 0.25) is 0 Å². The fraction of sp³-hybridized carbons (Fsp3) is 0.0667. The van der Waals surface area contributed by atoms with Crippen molar-refractivity contribution in [1.82, 2.24) is 0 Å². The van der Waals surface area contributed by atoms with Gasteiger partial charge in [0.1, 0.15) is 0 Å². The largest absolute Gasteiger partial charge is 0.478 e. The fourth-order valence-corrected chi connectivity index (χ4v) is 2.54. The highest BCUT2D eigenvalue weighted by molar-refractivity contribution is 7.72. The molecule has 0 unspecified atom stereocenters. The Bertz CT molecular complexity index is 782. The second-order valence-corrected chi connectivity index (χ2v) is 5.66. The van der Waals surface area contributed by atoms with Gasteiger partial charge in [0.05, 0.1) is 16.0 Å². The molecule has 0 bridgehead atoms. The van der Waals surface area contributed by atoms with E-state index in [1.807, 2.05) is 0 Å². The van der Waals surface area contributed by atoms with Crippen LogP contribution in [-0.2, 0) is 17.1 Å². The van der Waals surface area contributed by atoms with E-state index in [9.17, 15) is 18.0 Å². The molecule has 6 nitrogen and oxygen atoms in total. The van der Waals surface area contributed by atoms with E-state index in [1.54, 1.807) is 12.1 Å². The Kier molecular flexibility index (Phi) is 4.57. The molecule has 2 N–H and O–H groups in total. The van der Waals surface area contributed by atoms with E-state index in [0.29, 0.717) is 11.1 Å². The molecule has 0 saturated carbocycles. The first-order valence-electron chi connectivity index (χ1n) is 6.20. The Hall–Kier alpha value is -2.67. The number of carboxylic acid groups (broad SMARTS) is 2. The van der Waals surface area contributed by atoms with Crippen LogP contribution in [0.3, 0.4) is 0 Å². The Morgan fingerprint density at radius 1 is 0.864 bits per heavy atom. The van der Waals surface area contributed by atoms with Gasteiger partial charge in [-0.2, -0.15) is 0 Å². The maximum atomic E-state index is 11.1. The molecule has 0 saturated heterocycles. The Balaban J connectivity index is 2.42. The number of hydrogen-bond acceptors (Lipinski definition) is 4. The molecule has 114 valence electrons. The molecule has 7 heteroatoms. The first-order chi connectivity index (χ1) is 10.4. The van der Waals surface area contributed by atoms with Crippen LogP contribution in [0.4, 0.5) is 0 Å². The molecule has 0 fully saturated rings. The molecule has 22 heavy (non-hydrogen) atoms. The van der Waals surface area contributed by atoms with Gasteiger partial charge in [0.25, 0.3) is 0 Å². The number of carboxylic acids is 2. The molecule has 0 aromatic heterocycles. The third-order valence-electron chi connectivity index (χ3n) is 3.02. The topological polar surface area (TPSA) is 109 Å². The van der Waals surface area contributed by atoms with Gasteiger partial charge >= 0.3 is 11.9 Å². The van der Waals surface area contributed by atoms with E-state index in [4.69, 9.17) is 10.2 Å². The summed E-state index contributed by atoms with van der Waals surface area (Å²) >= 11 is 0. The molecule has 2 aromatic rings. The predicted octanol–water partition coefficient (Wildman–Crippen LogP) is 1.64. The van der Waals surface area contributed by atoms with Crippen molar-refractivity contribution >= 4 is 22.6 Å². The van der Waals surface area contributed by atoms with Gasteiger partial charge in [0, 0.05) is 0 Å². The monoisotopic (exact) mass is 320 g/mol. The molecule has 0 aliphatic heterocycles. The van der Waals surface area contributed by atoms with E-state index < -0.39 is 22.6 Å². The number of rotatable bonds is 5. The van der Waals surface area contributed by atoms with Gasteiger partial charge in [-0.3, -0.25) is 0 Å². The fourth-order valence-electron chi connectivity index (χ4n) is 2.06. The third-order valence-corrected chi connectivity index (χ3v) is 3.72. The molecular formula is C15H12O6S.